The molecule has 5 rings (SSSR count). The number of hydrogen-bond acceptors (Lipinski definition) is 9. The maximum absolute atomic E-state index is 14.4. The highest BCUT2D eigenvalue weighted by Crippen LogP contribution is 2.42. The van der Waals surface area contributed by atoms with Crippen molar-refractivity contribution < 1.29 is 42.5 Å². The van der Waals surface area contributed by atoms with E-state index < -0.39 is 48.0 Å². The van der Waals surface area contributed by atoms with Gasteiger partial charge in [0.15, 0.2) is 11.9 Å². The van der Waals surface area contributed by atoms with E-state index in [1.165, 1.54) is 19.2 Å². The Balaban J connectivity index is 1.48. The minimum absolute atomic E-state index is 0.0435. The van der Waals surface area contributed by atoms with Gasteiger partial charge in [0.25, 0.3) is 11.8 Å². The van der Waals surface area contributed by atoms with Gasteiger partial charge in [-0.3, -0.25) is 14.4 Å². The normalized spacial score (nSPS) is 19.1. The Hall–Kier alpha value is -3.68. The molecular weight excluding hydrogens is 553 g/mol. The average Bonchev–Trinajstić information content (AvgIpc) is 3.38. The van der Waals surface area contributed by atoms with Crippen molar-refractivity contribution in [1.82, 2.24) is 14.8 Å². The molecule has 2 amide bonds. The molecule has 1 fully saturated rings. The third kappa shape index (κ3) is 5.11. The summed E-state index contributed by atoms with van der Waals surface area (Å²) in [7, 11) is 1.44. The summed E-state index contributed by atoms with van der Waals surface area (Å²) in [4.78, 5) is 54.1. The highest BCUT2D eigenvalue weighted by Gasteiger charge is 2.48. The van der Waals surface area contributed by atoms with Crippen molar-refractivity contribution in [2.24, 2.45) is 0 Å². The van der Waals surface area contributed by atoms with E-state index >= 15 is 0 Å². The Kier molecular flexibility index (Phi) is 8.24. The molecule has 3 aliphatic rings. The van der Waals surface area contributed by atoms with Crippen LogP contribution in [-0.4, -0.2) is 73.9 Å². The van der Waals surface area contributed by atoms with Crippen molar-refractivity contribution in [3.05, 3.63) is 61.8 Å². The number of nitrogens with one attached hydrogen (secondary N) is 1. The van der Waals surface area contributed by atoms with Crippen LogP contribution >= 0.6 is 11.6 Å². The number of carbonyl (C=O) groups excluding carboxylic acids is 3. The molecule has 0 radical (unpaired) electrons. The quantitative estimate of drug-likeness (QED) is 0.270. The van der Waals surface area contributed by atoms with Crippen LogP contribution in [0.1, 0.15) is 51.0 Å². The summed E-state index contributed by atoms with van der Waals surface area (Å²) in [6.45, 7) is 0.00477. The van der Waals surface area contributed by atoms with Crippen LogP contribution in [0.3, 0.4) is 0 Å². The van der Waals surface area contributed by atoms with Crippen LogP contribution in [-0.2, 0) is 31.9 Å². The van der Waals surface area contributed by atoms with Gasteiger partial charge >= 0.3 is 6.16 Å². The molecule has 1 saturated heterocycles. The second kappa shape index (κ2) is 11.8. The van der Waals surface area contributed by atoms with Crippen molar-refractivity contribution in [3.8, 4) is 5.75 Å². The number of nitrogens with zero attached hydrogens (tertiary/aromatic N) is 2. The first-order valence-electron chi connectivity index (χ1n) is 12.7. The Morgan fingerprint density at radius 3 is 2.85 bits per heavy atom. The first-order chi connectivity index (χ1) is 19.3. The van der Waals surface area contributed by atoms with Gasteiger partial charge < -0.3 is 38.5 Å². The molecule has 0 unspecified atom stereocenters. The summed E-state index contributed by atoms with van der Waals surface area (Å²) >= 11 is 5.84. The summed E-state index contributed by atoms with van der Waals surface area (Å²) in [6, 6.07) is 4.02. The fourth-order valence-electron chi connectivity index (χ4n) is 5.24. The van der Waals surface area contributed by atoms with Gasteiger partial charge in [0, 0.05) is 31.5 Å². The number of rotatable bonds is 9. The van der Waals surface area contributed by atoms with Crippen LogP contribution in [0.25, 0.3) is 0 Å². The van der Waals surface area contributed by atoms with E-state index in [4.69, 9.17) is 35.3 Å². The number of fused-ring (bicyclic) bond motifs is 2. The van der Waals surface area contributed by atoms with Gasteiger partial charge in [-0.1, -0.05) is 23.7 Å². The number of ether oxygens (including phenoxy) is 5. The monoisotopic (exact) mass is 579 g/mol. The molecule has 3 aliphatic heterocycles. The zero-order valence-electron chi connectivity index (χ0n) is 21.6. The van der Waals surface area contributed by atoms with Gasteiger partial charge in [-0.2, -0.15) is 0 Å². The molecule has 0 saturated carbocycles. The lowest BCUT2D eigenvalue weighted by molar-refractivity contribution is -0.109. The van der Waals surface area contributed by atoms with Crippen molar-refractivity contribution in [2.45, 2.75) is 38.1 Å². The Morgan fingerprint density at radius 2 is 2.05 bits per heavy atom. The standard InChI is InChI=1S/C26H27ClFN3O9/c1-36-10-11-38-26(35)40-13-39-22-20-24(34)30-8-3-9-37-25(30)17-7-6-16(31(17)20)18(21(22)32)23(33)29-12-14-4-2-5-15(27)19(14)28/h2,4-5,17,25H,3,6-13H2,1H3,(H,29,33)/t17-,25+/m1/s1. The highest BCUT2D eigenvalue weighted by molar-refractivity contribution is 6.30. The van der Waals surface area contributed by atoms with Gasteiger partial charge in [0.2, 0.25) is 18.0 Å². The number of methoxy groups -OCH3 is 1. The van der Waals surface area contributed by atoms with Crippen LogP contribution in [0.4, 0.5) is 9.18 Å². The van der Waals surface area contributed by atoms with Gasteiger partial charge in [-0.25, -0.2) is 9.18 Å². The largest absolute Gasteiger partial charge is 0.511 e. The number of pyridine rings is 1. The molecule has 2 aromatic rings. The first kappa shape index (κ1) is 27.9. The van der Waals surface area contributed by atoms with Crippen LogP contribution in [0.5, 0.6) is 5.75 Å². The molecule has 12 nitrogen and oxygen atoms in total. The van der Waals surface area contributed by atoms with Crippen LogP contribution < -0.4 is 15.5 Å². The van der Waals surface area contributed by atoms with Crippen molar-refractivity contribution in [2.75, 3.05) is 40.3 Å². The number of aromatic nitrogens is 1. The Labute approximate surface area is 232 Å². The number of halogens is 2. The number of hydrogen-bond donors (Lipinski definition) is 1. The van der Waals surface area contributed by atoms with Crippen LogP contribution in [0.2, 0.25) is 5.02 Å². The zero-order valence-corrected chi connectivity index (χ0v) is 22.3. The second-order valence-corrected chi connectivity index (χ2v) is 9.72. The maximum atomic E-state index is 14.4. The summed E-state index contributed by atoms with van der Waals surface area (Å²) in [5.74, 6) is -2.39. The summed E-state index contributed by atoms with van der Waals surface area (Å²) < 4.78 is 42.0. The molecular formula is C26H27ClFN3O9. The summed E-state index contributed by atoms with van der Waals surface area (Å²) in [5, 5.41) is 2.47. The third-order valence-electron chi connectivity index (χ3n) is 6.99. The number of benzene rings is 1. The van der Waals surface area contributed by atoms with Crippen LogP contribution in [0.15, 0.2) is 23.0 Å². The molecule has 2 atom stereocenters. The number of amides is 2. The Bertz CT molecular complexity index is 1400. The van der Waals surface area contributed by atoms with E-state index in [1.54, 1.807) is 15.5 Å². The fraction of sp³-hybridized carbons (Fsp3) is 0.462. The van der Waals surface area contributed by atoms with Gasteiger partial charge in [0.05, 0.1) is 24.3 Å². The lowest BCUT2D eigenvalue weighted by Gasteiger charge is -2.44. The zero-order chi connectivity index (χ0) is 28.4. The molecule has 4 heterocycles. The minimum atomic E-state index is -1.07. The molecule has 1 aromatic carbocycles. The molecule has 0 bridgehead atoms. The minimum Gasteiger partial charge on any atom is -0.451 e. The molecule has 0 spiro atoms. The van der Waals surface area contributed by atoms with E-state index in [1.807, 2.05) is 0 Å². The first-order valence-corrected chi connectivity index (χ1v) is 13.1. The van der Waals surface area contributed by atoms with Gasteiger partial charge in [0.1, 0.15) is 18.0 Å². The van der Waals surface area contributed by atoms with Gasteiger partial charge in [-0.05, 0) is 25.3 Å². The highest BCUT2D eigenvalue weighted by atomic mass is 35.5. The fourth-order valence-corrected chi connectivity index (χ4v) is 5.44. The smallest absolute Gasteiger partial charge is 0.451 e. The topological polar surface area (TPSA) is 135 Å². The third-order valence-corrected chi connectivity index (χ3v) is 7.29. The van der Waals surface area contributed by atoms with E-state index in [0.717, 1.165) is 0 Å². The second-order valence-electron chi connectivity index (χ2n) is 9.31. The predicted octanol–water partition coefficient (Wildman–Crippen LogP) is 2.40. The molecule has 14 heteroatoms. The molecule has 214 valence electrons. The number of carbonyl (C=O) groups is 3. The molecule has 40 heavy (non-hydrogen) atoms. The van der Waals surface area contributed by atoms with Crippen molar-refractivity contribution >= 4 is 29.6 Å². The van der Waals surface area contributed by atoms with E-state index in [9.17, 15) is 23.6 Å². The predicted molar refractivity (Wildman–Crippen MR) is 136 cm³/mol. The molecule has 1 N–H and O–H groups in total. The van der Waals surface area contributed by atoms with Gasteiger partial charge in [-0.15, -0.1) is 0 Å². The van der Waals surface area contributed by atoms with E-state index in [2.05, 4.69) is 5.32 Å². The van der Waals surface area contributed by atoms with E-state index in [-0.39, 0.29) is 47.6 Å². The van der Waals surface area contributed by atoms with Crippen molar-refractivity contribution in [3.63, 3.8) is 0 Å². The van der Waals surface area contributed by atoms with E-state index in [0.29, 0.717) is 38.1 Å². The summed E-state index contributed by atoms with van der Waals surface area (Å²) in [6.07, 6.45) is -0.171. The molecule has 0 aliphatic carbocycles. The molecule has 1 aromatic heterocycles. The lowest BCUT2D eigenvalue weighted by Crippen LogP contribution is -2.55. The summed E-state index contributed by atoms with van der Waals surface area (Å²) in [5.41, 5.74) is -0.663. The average molecular weight is 580 g/mol. The van der Waals surface area contributed by atoms with Crippen LogP contribution in [0, 0.1) is 5.82 Å². The Morgan fingerprint density at radius 1 is 1.23 bits per heavy atom. The maximum Gasteiger partial charge on any atom is 0.511 e. The van der Waals surface area contributed by atoms with Crippen molar-refractivity contribution in [1.29, 1.82) is 0 Å². The SMILES string of the molecule is COCCOC(=O)OCOc1c2n3c(c(C(=O)NCc4cccc(Cl)c4F)c1=O)CC[C@@H]3[C@@H]1OCCCN1C2=O. The lowest BCUT2D eigenvalue weighted by atomic mass is 10.1.